The average Bonchev–Trinajstić information content (AvgIpc) is 2.86. The Balaban J connectivity index is 1.86. The van der Waals surface area contributed by atoms with Crippen LogP contribution in [-0.2, 0) is 4.79 Å². The summed E-state index contributed by atoms with van der Waals surface area (Å²) in [5.41, 5.74) is 1.64. The lowest BCUT2D eigenvalue weighted by Crippen LogP contribution is -2.34. The van der Waals surface area contributed by atoms with Crippen molar-refractivity contribution in [2.45, 2.75) is 18.9 Å². The van der Waals surface area contributed by atoms with Crippen molar-refractivity contribution in [3.63, 3.8) is 0 Å². The zero-order valence-corrected chi connectivity index (χ0v) is 9.80. The summed E-state index contributed by atoms with van der Waals surface area (Å²) >= 11 is 0. The summed E-state index contributed by atoms with van der Waals surface area (Å²) in [6, 6.07) is 3.93. The van der Waals surface area contributed by atoms with E-state index in [-0.39, 0.29) is 12.0 Å². The molecule has 0 aromatic carbocycles. The minimum atomic E-state index is -0.709. The second-order valence-corrected chi connectivity index (χ2v) is 4.65. The first-order valence-corrected chi connectivity index (χ1v) is 6.03. The number of carboxylic acids is 1. The molecule has 0 amide bonds. The third-order valence-corrected chi connectivity index (χ3v) is 3.48. The Labute approximate surface area is 104 Å². The van der Waals surface area contributed by atoms with Crippen LogP contribution in [0.2, 0.25) is 0 Å². The van der Waals surface area contributed by atoms with Crippen molar-refractivity contribution in [2.75, 3.05) is 6.54 Å². The normalized spacial score (nSPS) is 24.2. The maximum absolute atomic E-state index is 11.0. The Bertz CT molecular complexity index is 578. The van der Waals surface area contributed by atoms with Crippen molar-refractivity contribution in [2.24, 2.45) is 5.92 Å². The molecule has 5 heteroatoms. The lowest BCUT2D eigenvalue weighted by atomic mass is 9.89. The molecule has 5 nitrogen and oxygen atoms in total. The second kappa shape index (κ2) is 4.42. The summed E-state index contributed by atoms with van der Waals surface area (Å²) in [5, 5.41) is 13.4. The number of carbonyl (C=O) groups is 1. The van der Waals surface area contributed by atoms with E-state index in [4.69, 9.17) is 9.52 Å². The first kappa shape index (κ1) is 11.2. The number of rotatable bonds is 2. The van der Waals surface area contributed by atoms with Gasteiger partial charge in [0.2, 0.25) is 5.71 Å². The molecule has 0 spiro atoms. The standard InChI is InChI=1S/C13H14N2O3/c16-13(17)9-1-3-14-11(6-9)10-5-8-2-4-18-12(8)15-7-10/h2,4-5,7,9,11,14H,1,3,6H2,(H,16,17). The second-order valence-electron chi connectivity index (χ2n) is 4.65. The van der Waals surface area contributed by atoms with Gasteiger partial charge in [-0.1, -0.05) is 0 Å². The number of hydrogen-bond acceptors (Lipinski definition) is 4. The molecule has 1 fully saturated rings. The number of hydrogen-bond donors (Lipinski definition) is 2. The molecular weight excluding hydrogens is 232 g/mol. The Hall–Kier alpha value is -1.88. The average molecular weight is 246 g/mol. The van der Waals surface area contributed by atoms with Crippen molar-refractivity contribution in [3.8, 4) is 0 Å². The molecule has 18 heavy (non-hydrogen) atoms. The summed E-state index contributed by atoms with van der Waals surface area (Å²) in [4.78, 5) is 15.3. The molecule has 2 atom stereocenters. The van der Waals surface area contributed by atoms with Gasteiger partial charge in [-0.3, -0.25) is 4.79 Å². The van der Waals surface area contributed by atoms with Crippen LogP contribution >= 0.6 is 0 Å². The van der Waals surface area contributed by atoms with Gasteiger partial charge in [-0.2, -0.15) is 0 Å². The van der Waals surface area contributed by atoms with Gasteiger partial charge in [0.05, 0.1) is 12.2 Å². The molecule has 2 N–H and O–H groups in total. The van der Waals surface area contributed by atoms with Crippen LogP contribution in [-0.4, -0.2) is 22.6 Å². The van der Waals surface area contributed by atoms with E-state index in [0.717, 1.165) is 17.5 Å². The van der Waals surface area contributed by atoms with E-state index in [9.17, 15) is 4.79 Å². The van der Waals surface area contributed by atoms with Gasteiger partial charge in [0.15, 0.2) is 0 Å². The molecule has 1 saturated heterocycles. The van der Waals surface area contributed by atoms with E-state index in [1.54, 1.807) is 12.5 Å². The smallest absolute Gasteiger partial charge is 0.306 e. The van der Waals surface area contributed by atoms with E-state index in [1.807, 2.05) is 12.1 Å². The quantitative estimate of drug-likeness (QED) is 0.847. The number of aromatic nitrogens is 1. The summed E-state index contributed by atoms with van der Waals surface area (Å²) < 4.78 is 5.19. The zero-order chi connectivity index (χ0) is 12.5. The van der Waals surface area contributed by atoms with Crippen LogP contribution < -0.4 is 5.32 Å². The lowest BCUT2D eigenvalue weighted by Gasteiger charge is -2.28. The van der Waals surface area contributed by atoms with Gasteiger partial charge in [0, 0.05) is 17.6 Å². The lowest BCUT2D eigenvalue weighted by molar-refractivity contribution is -0.143. The minimum Gasteiger partial charge on any atom is -0.481 e. The van der Waals surface area contributed by atoms with E-state index in [0.29, 0.717) is 18.6 Å². The van der Waals surface area contributed by atoms with Crippen LogP contribution in [0.15, 0.2) is 29.0 Å². The van der Waals surface area contributed by atoms with Crippen molar-refractivity contribution >= 4 is 17.1 Å². The predicted molar refractivity (Wildman–Crippen MR) is 65.1 cm³/mol. The van der Waals surface area contributed by atoms with Gasteiger partial charge in [-0.25, -0.2) is 4.98 Å². The number of piperidine rings is 1. The molecule has 0 radical (unpaired) electrons. The van der Waals surface area contributed by atoms with Gasteiger partial charge in [0.25, 0.3) is 0 Å². The molecule has 2 unspecified atom stereocenters. The van der Waals surface area contributed by atoms with Gasteiger partial charge < -0.3 is 14.8 Å². The van der Waals surface area contributed by atoms with Crippen molar-refractivity contribution in [3.05, 3.63) is 30.2 Å². The fourth-order valence-corrected chi connectivity index (χ4v) is 2.46. The monoisotopic (exact) mass is 246 g/mol. The number of nitrogens with zero attached hydrogens (tertiary/aromatic N) is 1. The van der Waals surface area contributed by atoms with Gasteiger partial charge >= 0.3 is 5.97 Å². The number of aliphatic carboxylic acids is 1. The Morgan fingerprint density at radius 3 is 3.28 bits per heavy atom. The number of carboxylic acid groups (broad SMARTS) is 1. The number of fused-ring (bicyclic) bond motifs is 1. The van der Waals surface area contributed by atoms with Crippen LogP contribution in [0.3, 0.4) is 0 Å². The third kappa shape index (κ3) is 1.97. The number of pyridine rings is 1. The van der Waals surface area contributed by atoms with Gasteiger partial charge in [-0.05, 0) is 37.1 Å². The molecule has 1 aliphatic rings. The number of nitrogens with one attached hydrogen (secondary N) is 1. The largest absolute Gasteiger partial charge is 0.481 e. The number of furan rings is 1. The predicted octanol–water partition coefficient (Wildman–Crippen LogP) is 1.95. The van der Waals surface area contributed by atoms with E-state index < -0.39 is 5.97 Å². The topological polar surface area (TPSA) is 75.4 Å². The molecule has 1 aliphatic heterocycles. The maximum Gasteiger partial charge on any atom is 0.306 e. The molecule has 0 bridgehead atoms. The Morgan fingerprint density at radius 2 is 2.44 bits per heavy atom. The molecule has 0 aliphatic carbocycles. The fourth-order valence-electron chi connectivity index (χ4n) is 2.46. The highest BCUT2D eigenvalue weighted by Crippen LogP contribution is 2.28. The molecule has 3 heterocycles. The summed E-state index contributed by atoms with van der Waals surface area (Å²) in [6.45, 7) is 0.727. The third-order valence-electron chi connectivity index (χ3n) is 3.48. The maximum atomic E-state index is 11.0. The summed E-state index contributed by atoms with van der Waals surface area (Å²) in [6.07, 6.45) is 4.66. The molecular formula is C13H14N2O3. The first-order valence-electron chi connectivity index (χ1n) is 6.03. The van der Waals surface area contributed by atoms with Gasteiger partial charge in [-0.15, -0.1) is 0 Å². The van der Waals surface area contributed by atoms with Crippen molar-refractivity contribution in [1.82, 2.24) is 10.3 Å². The summed E-state index contributed by atoms with van der Waals surface area (Å²) in [7, 11) is 0. The molecule has 2 aromatic rings. The van der Waals surface area contributed by atoms with Crippen LogP contribution in [0.1, 0.15) is 24.4 Å². The minimum absolute atomic E-state index is 0.0617. The molecule has 0 saturated carbocycles. The zero-order valence-electron chi connectivity index (χ0n) is 9.80. The highest BCUT2D eigenvalue weighted by atomic mass is 16.4. The van der Waals surface area contributed by atoms with Gasteiger partial charge in [0.1, 0.15) is 0 Å². The van der Waals surface area contributed by atoms with E-state index in [2.05, 4.69) is 10.3 Å². The Kier molecular flexibility index (Phi) is 2.76. The molecule has 2 aromatic heterocycles. The van der Waals surface area contributed by atoms with Crippen LogP contribution in [0, 0.1) is 5.92 Å². The van der Waals surface area contributed by atoms with E-state index >= 15 is 0 Å². The van der Waals surface area contributed by atoms with Crippen LogP contribution in [0.5, 0.6) is 0 Å². The fraction of sp³-hybridized carbons (Fsp3) is 0.385. The van der Waals surface area contributed by atoms with Crippen molar-refractivity contribution < 1.29 is 14.3 Å². The molecule has 94 valence electrons. The highest BCUT2D eigenvalue weighted by molar-refractivity contribution is 5.74. The summed E-state index contributed by atoms with van der Waals surface area (Å²) in [5.74, 6) is -0.977. The highest BCUT2D eigenvalue weighted by Gasteiger charge is 2.27. The van der Waals surface area contributed by atoms with Crippen LogP contribution in [0.25, 0.3) is 11.1 Å². The van der Waals surface area contributed by atoms with E-state index in [1.165, 1.54) is 0 Å². The Morgan fingerprint density at radius 1 is 1.56 bits per heavy atom. The molecule has 3 rings (SSSR count). The first-order chi connectivity index (χ1) is 8.74. The van der Waals surface area contributed by atoms with Crippen molar-refractivity contribution in [1.29, 1.82) is 0 Å². The SMILES string of the molecule is O=C(O)C1CCNC(c2cnc3occc3c2)C1. The van der Waals surface area contributed by atoms with Crippen LogP contribution in [0.4, 0.5) is 0 Å².